The first-order valence-corrected chi connectivity index (χ1v) is 11.3. The van der Waals surface area contributed by atoms with E-state index < -0.39 is 5.60 Å². The van der Waals surface area contributed by atoms with E-state index in [1.807, 2.05) is 26.8 Å². The van der Waals surface area contributed by atoms with Crippen LogP contribution in [0, 0.1) is 0 Å². The molecule has 0 spiro atoms. The molecule has 2 amide bonds. The molecule has 0 atom stereocenters. The minimum absolute atomic E-state index is 0.239. The highest BCUT2D eigenvalue weighted by molar-refractivity contribution is 6.04. The molecule has 3 aromatic rings. The topological polar surface area (TPSA) is 125 Å². The second kappa shape index (κ2) is 10.3. The second-order valence-electron chi connectivity index (χ2n) is 8.93. The molecule has 4 rings (SSSR count). The summed E-state index contributed by atoms with van der Waals surface area (Å²) in [4.78, 5) is 45.9. The zero-order valence-corrected chi connectivity index (χ0v) is 19.9. The molecule has 0 unspecified atom stereocenters. The fraction of sp³-hybridized carbons (Fsp3) is 0.333. The van der Waals surface area contributed by atoms with E-state index in [2.05, 4.69) is 35.5 Å². The highest BCUT2D eigenvalue weighted by atomic mass is 16.6. The van der Waals surface area contributed by atoms with E-state index in [9.17, 15) is 9.59 Å². The van der Waals surface area contributed by atoms with Crippen LogP contribution in [0.15, 0.2) is 55.2 Å². The number of hydrogen-bond acceptors (Lipinski definition) is 9. The molecule has 1 aliphatic rings. The van der Waals surface area contributed by atoms with E-state index in [1.165, 1.54) is 0 Å². The van der Waals surface area contributed by atoms with Gasteiger partial charge in [-0.25, -0.2) is 14.8 Å². The highest BCUT2D eigenvalue weighted by Gasteiger charge is 2.27. The van der Waals surface area contributed by atoms with Crippen LogP contribution in [0.3, 0.4) is 0 Å². The molecule has 1 saturated heterocycles. The zero-order chi connectivity index (χ0) is 24.8. The van der Waals surface area contributed by atoms with Crippen molar-refractivity contribution in [1.82, 2.24) is 24.8 Å². The van der Waals surface area contributed by atoms with Crippen molar-refractivity contribution in [3.63, 3.8) is 0 Å². The molecule has 182 valence electrons. The summed E-state index contributed by atoms with van der Waals surface area (Å²) >= 11 is 0. The van der Waals surface area contributed by atoms with Gasteiger partial charge in [0.25, 0.3) is 5.91 Å². The molecule has 0 radical (unpaired) electrons. The molecule has 35 heavy (non-hydrogen) atoms. The van der Waals surface area contributed by atoms with Crippen LogP contribution in [-0.2, 0) is 4.74 Å². The number of carbonyl (C=O) groups is 2. The third-order valence-electron chi connectivity index (χ3n) is 5.12. The van der Waals surface area contributed by atoms with Crippen molar-refractivity contribution in [2.75, 3.05) is 41.7 Å². The minimum Gasteiger partial charge on any atom is -0.444 e. The number of anilines is 4. The number of pyridine rings is 2. The van der Waals surface area contributed by atoms with Gasteiger partial charge in [-0.1, -0.05) is 6.07 Å². The Kier molecular flexibility index (Phi) is 7.04. The van der Waals surface area contributed by atoms with Gasteiger partial charge in [0.05, 0.1) is 23.8 Å². The van der Waals surface area contributed by atoms with Crippen molar-refractivity contribution in [3.05, 3.63) is 60.9 Å². The van der Waals surface area contributed by atoms with Crippen LogP contribution < -0.4 is 15.5 Å². The van der Waals surface area contributed by atoms with Gasteiger partial charge >= 0.3 is 6.09 Å². The first-order chi connectivity index (χ1) is 16.8. The average molecular weight is 477 g/mol. The van der Waals surface area contributed by atoms with Gasteiger partial charge in [0.2, 0.25) is 0 Å². The van der Waals surface area contributed by atoms with Gasteiger partial charge in [0, 0.05) is 44.8 Å². The molecule has 11 heteroatoms. The van der Waals surface area contributed by atoms with E-state index >= 15 is 0 Å². The lowest BCUT2D eigenvalue weighted by Crippen LogP contribution is -2.50. The van der Waals surface area contributed by atoms with Crippen LogP contribution >= 0.6 is 0 Å². The van der Waals surface area contributed by atoms with Gasteiger partial charge in [-0.3, -0.25) is 14.8 Å². The smallest absolute Gasteiger partial charge is 0.410 e. The van der Waals surface area contributed by atoms with Gasteiger partial charge in [-0.05, 0) is 39.0 Å². The number of ether oxygens (including phenoxy) is 1. The Morgan fingerprint density at radius 3 is 2.43 bits per heavy atom. The summed E-state index contributed by atoms with van der Waals surface area (Å²) in [6.07, 6.45) is 7.67. The average Bonchev–Trinajstić information content (AvgIpc) is 2.84. The Morgan fingerprint density at radius 2 is 1.71 bits per heavy atom. The Morgan fingerprint density at radius 1 is 0.943 bits per heavy atom. The lowest BCUT2D eigenvalue weighted by atomic mass is 10.2. The van der Waals surface area contributed by atoms with E-state index in [0.717, 1.165) is 5.69 Å². The van der Waals surface area contributed by atoms with Crippen LogP contribution in [0.25, 0.3) is 0 Å². The molecule has 0 bridgehead atoms. The number of nitrogens with one attached hydrogen (secondary N) is 2. The third-order valence-corrected chi connectivity index (χ3v) is 5.12. The Labute approximate surface area is 203 Å². The molecule has 4 heterocycles. The molecule has 0 aliphatic carbocycles. The Hall–Kier alpha value is -4.28. The number of amides is 2. The van der Waals surface area contributed by atoms with Gasteiger partial charge in [0.1, 0.15) is 22.9 Å². The Balaban J connectivity index is 1.42. The number of rotatable bonds is 5. The maximum atomic E-state index is 13.0. The highest BCUT2D eigenvalue weighted by Crippen LogP contribution is 2.26. The molecular formula is C24H28N8O3. The van der Waals surface area contributed by atoms with Crippen LogP contribution in [0.2, 0.25) is 0 Å². The number of carbonyl (C=O) groups excluding carboxylic acids is 2. The number of nitrogens with zero attached hydrogens (tertiary/aromatic N) is 6. The lowest BCUT2D eigenvalue weighted by Gasteiger charge is -2.37. The van der Waals surface area contributed by atoms with Gasteiger partial charge in [-0.2, -0.15) is 0 Å². The molecule has 3 aromatic heterocycles. The zero-order valence-electron chi connectivity index (χ0n) is 19.9. The van der Waals surface area contributed by atoms with Crippen LogP contribution in [-0.4, -0.2) is 68.6 Å². The summed E-state index contributed by atoms with van der Waals surface area (Å²) in [5.41, 5.74) is 1.10. The van der Waals surface area contributed by atoms with Crippen molar-refractivity contribution in [1.29, 1.82) is 0 Å². The first kappa shape index (κ1) is 23.9. The van der Waals surface area contributed by atoms with Crippen LogP contribution in [0.4, 0.5) is 27.8 Å². The number of piperazine rings is 1. The lowest BCUT2D eigenvalue weighted by molar-refractivity contribution is 0.0240. The summed E-state index contributed by atoms with van der Waals surface area (Å²) in [5.74, 6) is 0.634. The van der Waals surface area contributed by atoms with Crippen molar-refractivity contribution < 1.29 is 14.3 Å². The third kappa shape index (κ3) is 6.40. The molecule has 11 nitrogen and oxygen atoms in total. The maximum absolute atomic E-state index is 13.0. The standard InChI is InChI=1S/C24H28N8O3/c1-24(2,3)35-23(34)32-13-11-31(12-14-32)19-7-8-25-15-18(19)29-22(33)17-5-4-6-20(28-17)30-21-16-26-9-10-27-21/h4-10,15-16H,11-14H2,1-3H3,(H,29,33)(H,27,28,30). The fourth-order valence-electron chi connectivity index (χ4n) is 3.53. The SMILES string of the molecule is CC(C)(C)OC(=O)N1CCN(c2ccncc2NC(=O)c2cccc(Nc3cnccn3)n2)CC1. The van der Waals surface area contributed by atoms with Crippen LogP contribution in [0.1, 0.15) is 31.3 Å². The summed E-state index contributed by atoms with van der Waals surface area (Å²) in [7, 11) is 0. The second-order valence-corrected chi connectivity index (χ2v) is 8.93. The molecule has 1 fully saturated rings. The van der Waals surface area contributed by atoms with Gasteiger partial charge in [-0.15, -0.1) is 0 Å². The maximum Gasteiger partial charge on any atom is 0.410 e. The van der Waals surface area contributed by atoms with Crippen LogP contribution in [0.5, 0.6) is 0 Å². The summed E-state index contributed by atoms with van der Waals surface area (Å²) in [6, 6.07) is 6.96. The number of hydrogen-bond donors (Lipinski definition) is 2. The van der Waals surface area contributed by atoms with E-state index in [4.69, 9.17) is 4.74 Å². The molecule has 2 N–H and O–H groups in total. The van der Waals surface area contributed by atoms with Crippen molar-refractivity contribution in [2.45, 2.75) is 26.4 Å². The minimum atomic E-state index is -0.536. The van der Waals surface area contributed by atoms with E-state index in [0.29, 0.717) is 43.5 Å². The fourth-order valence-corrected chi connectivity index (χ4v) is 3.53. The largest absolute Gasteiger partial charge is 0.444 e. The molecule has 0 saturated carbocycles. The van der Waals surface area contributed by atoms with Crippen molar-refractivity contribution >= 4 is 35.0 Å². The molecule has 0 aromatic carbocycles. The monoisotopic (exact) mass is 476 g/mol. The molecule has 1 aliphatic heterocycles. The Bertz CT molecular complexity index is 1170. The van der Waals surface area contributed by atoms with Gasteiger partial charge in [0.15, 0.2) is 0 Å². The summed E-state index contributed by atoms with van der Waals surface area (Å²) in [6.45, 7) is 7.78. The predicted molar refractivity (Wildman–Crippen MR) is 132 cm³/mol. The predicted octanol–water partition coefficient (Wildman–Crippen LogP) is 3.32. The molecular weight excluding hydrogens is 448 g/mol. The quantitative estimate of drug-likeness (QED) is 0.570. The summed E-state index contributed by atoms with van der Waals surface area (Å²) < 4.78 is 5.47. The van der Waals surface area contributed by atoms with E-state index in [-0.39, 0.29) is 17.7 Å². The van der Waals surface area contributed by atoms with Gasteiger partial charge < -0.3 is 25.2 Å². The van der Waals surface area contributed by atoms with Crippen molar-refractivity contribution in [2.24, 2.45) is 0 Å². The first-order valence-electron chi connectivity index (χ1n) is 11.3. The van der Waals surface area contributed by atoms with Crippen molar-refractivity contribution in [3.8, 4) is 0 Å². The van der Waals surface area contributed by atoms with E-state index in [1.54, 1.807) is 54.1 Å². The summed E-state index contributed by atoms with van der Waals surface area (Å²) in [5, 5.41) is 5.94. The number of aromatic nitrogens is 4. The normalized spacial score (nSPS) is 13.8.